The van der Waals surface area contributed by atoms with Crippen LogP contribution >= 0.6 is 11.3 Å². The van der Waals surface area contributed by atoms with Crippen LogP contribution in [0.1, 0.15) is 35.8 Å². The molecule has 0 aliphatic carbocycles. The largest absolute Gasteiger partial charge is 0.365 e. The third-order valence-electron chi connectivity index (χ3n) is 7.29. The van der Waals surface area contributed by atoms with E-state index in [-0.39, 0.29) is 23.8 Å². The number of likely N-dealkylation sites (tertiary alicyclic amines) is 1. The lowest BCUT2D eigenvalue weighted by Crippen LogP contribution is -2.55. The molecule has 0 bridgehead atoms. The second-order valence-electron chi connectivity index (χ2n) is 9.49. The fraction of sp³-hybridized carbons (Fsp3) is 0.462. The number of hydrogen-bond acceptors (Lipinski definition) is 4. The molecule has 0 spiro atoms. The standard InChI is InChI=1S/C26H32N4O2S/c1-18-5-4-6-21(15-18)30-13-12-29(17-19(30)2)25(31)20-7-10-28(11-8-20)26(32)23-16-24-22(27(23)3)9-14-33-24/h4-6,9,14-16,19-20H,7-8,10-13,17H2,1-3H3/t19-/m1/s1. The first kappa shape index (κ1) is 22.0. The number of carbonyl (C=O) groups is 2. The Balaban J connectivity index is 1.17. The lowest BCUT2D eigenvalue weighted by atomic mass is 9.94. The number of benzene rings is 1. The Labute approximate surface area is 199 Å². The Kier molecular flexibility index (Phi) is 5.91. The van der Waals surface area contributed by atoms with Crippen LogP contribution in [0.2, 0.25) is 0 Å². The second-order valence-corrected chi connectivity index (χ2v) is 10.4. The lowest BCUT2D eigenvalue weighted by molar-refractivity contribution is -0.137. The van der Waals surface area contributed by atoms with Crippen LogP contribution in [0.15, 0.2) is 41.8 Å². The number of nitrogens with zero attached hydrogens (tertiary/aromatic N) is 4. The van der Waals surface area contributed by atoms with Gasteiger partial charge < -0.3 is 19.3 Å². The smallest absolute Gasteiger partial charge is 0.270 e. The van der Waals surface area contributed by atoms with Crippen LogP contribution in [0.25, 0.3) is 10.2 Å². The van der Waals surface area contributed by atoms with E-state index in [9.17, 15) is 9.59 Å². The average molecular weight is 465 g/mol. The van der Waals surface area contributed by atoms with Gasteiger partial charge in [-0.2, -0.15) is 0 Å². The van der Waals surface area contributed by atoms with Gasteiger partial charge in [-0.05, 0) is 61.9 Å². The highest BCUT2D eigenvalue weighted by Gasteiger charge is 2.34. The Morgan fingerprint density at radius 3 is 2.48 bits per heavy atom. The molecule has 0 radical (unpaired) electrons. The van der Waals surface area contributed by atoms with Crippen LogP contribution in [-0.4, -0.2) is 64.9 Å². The molecule has 2 amide bonds. The normalized spacial score (nSPS) is 20.0. The zero-order chi connectivity index (χ0) is 23.1. The van der Waals surface area contributed by atoms with Crippen molar-refractivity contribution >= 4 is 39.1 Å². The van der Waals surface area contributed by atoms with Gasteiger partial charge >= 0.3 is 0 Å². The highest BCUT2D eigenvalue weighted by atomic mass is 32.1. The van der Waals surface area contributed by atoms with E-state index in [0.717, 1.165) is 48.4 Å². The maximum Gasteiger partial charge on any atom is 0.270 e. The van der Waals surface area contributed by atoms with Crippen molar-refractivity contribution in [1.82, 2.24) is 14.4 Å². The Bertz CT molecular complexity index is 1170. The average Bonchev–Trinajstić information content (AvgIpc) is 3.41. The molecule has 0 N–H and O–H groups in total. The Hall–Kier alpha value is -2.80. The molecule has 33 heavy (non-hydrogen) atoms. The highest BCUT2D eigenvalue weighted by Crippen LogP contribution is 2.28. The van der Waals surface area contributed by atoms with E-state index < -0.39 is 0 Å². The van der Waals surface area contributed by atoms with Crippen molar-refractivity contribution < 1.29 is 9.59 Å². The minimum absolute atomic E-state index is 0.0173. The number of fused-ring (bicyclic) bond motifs is 1. The van der Waals surface area contributed by atoms with E-state index in [2.05, 4.69) is 54.5 Å². The van der Waals surface area contributed by atoms with E-state index in [1.54, 1.807) is 11.3 Å². The van der Waals surface area contributed by atoms with Crippen molar-refractivity contribution in [2.75, 3.05) is 37.6 Å². The topological polar surface area (TPSA) is 48.8 Å². The molecule has 2 fully saturated rings. The van der Waals surface area contributed by atoms with E-state index >= 15 is 0 Å². The van der Waals surface area contributed by atoms with Crippen molar-refractivity contribution in [1.29, 1.82) is 0 Å². The van der Waals surface area contributed by atoms with Gasteiger partial charge in [-0.15, -0.1) is 11.3 Å². The predicted molar refractivity (Wildman–Crippen MR) is 134 cm³/mol. The summed E-state index contributed by atoms with van der Waals surface area (Å²) in [7, 11) is 1.95. The maximum atomic E-state index is 13.3. The minimum Gasteiger partial charge on any atom is -0.365 e. The van der Waals surface area contributed by atoms with Gasteiger partial charge in [0.25, 0.3) is 5.91 Å². The van der Waals surface area contributed by atoms with E-state index in [0.29, 0.717) is 13.1 Å². The summed E-state index contributed by atoms with van der Waals surface area (Å²) in [5.74, 6) is 0.355. The summed E-state index contributed by atoms with van der Waals surface area (Å²) in [5, 5.41) is 2.05. The number of aromatic nitrogens is 1. The van der Waals surface area contributed by atoms with Crippen LogP contribution in [-0.2, 0) is 11.8 Å². The monoisotopic (exact) mass is 464 g/mol. The minimum atomic E-state index is 0.0173. The molecule has 2 aliphatic heterocycles. The number of piperazine rings is 1. The first-order chi connectivity index (χ1) is 15.9. The summed E-state index contributed by atoms with van der Waals surface area (Å²) in [5.41, 5.74) is 4.34. The molecule has 5 rings (SSSR count). The van der Waals surface area contributed by atoms with Gasteiger partial charge in [-0.1, -0.05) is 12.1 Å². The first-order valence-electron chi connectivity index (χ1n) is 11.9. The first-order valence-corrected chi connectivity index (χ1v) is 12.7. The van der Waals surface area contributed by atoms with Crippen molar-refractivity contribution in [2.24, 2.45) is 13.0 Å². The molecule has 3 aromatic rings. The van der Waals surface area contributed by atoms with Gasteiger partial charge in [0.05, 0.1) is 10.2 Å². The third kappa shape index (κ3) is 4.14. The number of rotatable bonds is 3. The summed E-state index contributed by atoms with van der Waals surface area (Å²) in [6.45, 7) is 7.99. The van der Waals surface area contributed by atoms with Crippen molar-refractivity contribution in [3.8, 4) is 0 Å². The van der Waals surface area contributed by atoms with Gasteiger partial charge in [0.2, 0.25) is 5.91 Å². The molecule has 0 saturated carbocycles. The maximum absolute atomic E-state index is 13.3. The summed E-state index contributed by atoms with van der Waals surface area (Å²) in [6.07, 6.45) is 1.49. The molecular formula is C26H32N4O2S. The van der Waals surface area contributed by atoms with Crippen LogP contribution < -0.4 is 4.90 Å². The molecule has 0 unspecified atom stereocenters. The molecule has 7 heteroatoms. The molecule has 174 valence electrons. The highest BCUT2D eigenvalue weighted by molar-refractivity contribution is 7.17. The van der Waals surface area contributed by atoms with Crippen LogP contribution in [0.4, 0.5) is 5.69 Å². The van der Waals surface area contributed by atoms with Gasteiger partial charge in [0.15, 0.2) is 0 Å². The molecule has 2 aromatic heterocycles. The van der Waals surface area contributed by atoms with Gasteiger partial charge in [0.1, 0.15) is 5.69 Å². The zero-order valence-corrected chi connectivity index (χ0v) is 20.5. The van der Waals surface area contributed by atoms with Crippen molar-refractivity contribution in [3.63, 3.8) is 0 Å². The number of anilines is 1. The van der Waals surface area contributed by atoms with Gasteiger partial charge in [-0.3, -0.25) is 9.59 Å². The number of thiophene rings is 1. The molecule has 4 heterocycles. The summed E-state index contributed by atoms with van der Waals surface area (Å²) in [4.78, 5) is 32.8. The van der Waals surface area contributed by atoms with E-state index in [1.807, 2.05) is 27.5 Å². The van der Waals surface area contributed by atoms with Crippen LogP contribution in [0.3, 0.4) is 0 Å². The van der Waals surface area contributed by atoms with Gasteiger partial charge in [-0.25, -0.2) is 0 Å². The van der Waals surface area contributed by atoms with E-state index in [4.69, 9.17) is 0 Å². The molecule has 1 aromatic carbocycles. The molecule has 6 nitrogen and oxygen atoms in total. The fourth-order valence-electron chi connectivity index (χ4n) is 5.35. The molecule has 1 atom stereocenters. The lowest BCUT2D eigenvalue weighted by Gasteiger charge is -2.43. The Morgan fingerprint density at radius 1 is 1.00 bits per heavy atom. The third-order valence-corrected chi connectivity index (χ3v) is 8.14. The fourth-order valence-corrected chi connectivity index (χ4v) is 6.20. The number of hydrogen-bond donors (Lipinski definition) is 0. The number of piperidine rings is 1. The summed E-state index contributed by atoms with van der Waals surface area (Å²) >= 11 is 1.66. The van der Waals surface area contributed by atoms with Crippen LogP contribution in [0.5, 0.6) is 0 Å². The molecular weight excluding hydrogens is 432 g/mol. The summed E-state index contributed by atoms with van der Waals surface area (Å²) < 4.78 is 3.13. The molecule has 2 saturated heterocycles. The van der Waals surface area contributed by atoms with Gasteiger partial charge in [0, 0.05) is 57.4 Å². The zero-order valence-electron chi connectivity index (χ0n) is 19.7. The molecule has 2 aliphatic rings. The van der Waals surface area contributed by atoms with Crippen molar-refractivity contribution in [3.05, 3.63) is 53.0 Å². The number of aryl methyl sites for hydroxylation is 2. The summed E-state index contributed by atoms with van der Waals surface area (Å²) in [6, 6.07) is 12.9. The number of carbonyl (C=O) groups excluding carboxylic acids is 2. The second kappa shape index (κ2) is 8.86. The number of amides is 2. The SMILES string of the molecule is Cc1cccc(N2CCN(C(=O)C3CCN(C(=O)c4cc5sccc5n4C)CC3)C[C@H]2C)c1. The predicted octanol–water partition coefficient (Wildman–Crippen LogP) is 4.14. The van der Waals surface area contributed by atoms with Crippen LogP contribution in [0, 0.1) is 12.8 Å². The van der Waals surface area contributed by atoms with E-state index in [1.165, 1.54) is 11.3 Å². The van der Waals surface area contributed by atoms with Crippen molar-refractivity contribution in [2.45, 2.75) is 32.7 Å². The Morgan fingerprint density at radius 2 is 1.79 bits per heavy atom. The quantitative estimate of drug-likeness (QED) is 0.585.